The minimum Gasteiger partial charge on any atom is -0.380 e. The third-order valence-corrected chi connectivity index (χ3v) is 3.27. The smallest absolute Gasteiger partial charge is 0.0590 e. The molecule has 0 aromatic carbocycles. The number of thiophene rings is 1. The highest BCUT2D eigenvalue weighted by Crippen LogP contribution is 2.21. The first kappa shape index (κ1) is 11.7. The van der Waals surface area contributed by atoms with Crippen molar-refractivity contribution in [3.63, 3.8) is 0 Å². The summed E-state index contributed by atoms with van der Waals surface area (Å²) in [5.41, 5.74) is 0. The average Bonchev–Trinajstić information content (AvgIpc) is 2.59. The lowest BCUT2D eigenvalue weighted by atomic mass is 10.3. The zero-order chi connectivity index (χ0) is 10.4. The molecule has 1 aromatic rings. The summed E-state index contributed by atoms with van der Waals surface area (Å²) in [7, 11) is 0. The fraction of sp³-hybridized carbons (Fsp3) is 0.636. The van der Waals surface area contributed by atoms with E-state index in [2.05, 4.69) is 31.3 Å². The van der Waals surface area contributed by atoms with E-state index in [1.807, 2.05) is 18.3 Å². The van der Waals surface area contributed by atoms with Gasteiger partial charge in [0.2, 0.25) is 0 Å². The van der Waals surface area contributed by atoms with E-state index < -0.39 is 0 Å². The van der Waals surface area contributed by atoms with Crippen molar-refractivity contribution in [3.05, 3.63) is 21.9 Å². The van der Waals surface area contributed by atoms with E-state index in [1.54, 1.807) is 0 Å². The second-order valence-corrected chi connectivity index (χ2v) is 4.64. The summed E-state index contributed by atoms with van der Waals surface area (Å²) in [6.07, 6.45) is 0. The summed E-state index contributed by atoms with van der Waals surface area (Å²) in [6.45, 7) is 8.87. The van der Waals surface area contributed by atoms with Crippen LogP contribution in [-0.2, 0) is 4.74 Å². The first-order valence-electron chi connectivity index (χ1n) is 5.11. The Hall–Kier alpha value is -0.380. The summed E-state index contributed by atoms with van der Waals surface area (Å²) >= 11 is 1.86. The Labute approximate surface area is 90.3 Å². The maximum Gasteiger partial charge on any atom is 0.0590 e. The summed E-state index contributed by atoms with van der Waals surface area (Å²) in [4.78, 5) is 2.78. The fourth-order valence-corrected chi connectivity index (χ4v) is 2.18. The lowest BCUT2D eigenvalue weighted by molar-refractivity contribution is 0.147. The SMILES string of the molecule is CCOCCN[C@H](C)c1ccc(C)s1. The van der Waals surface area contributed by atoms with Crippen molar-refractivity contribution in [1.82, 2.24) is 5.32 Å². The predicted octanol–water partition coefficient (Wildman–Crippen LogP) is 2.74. The molecule has 1 atom stereocenters. The van der Waals surface area contributed by atoms with Crippen molar-refractivity contribution < 1.29 is 4.74 Å². The molecule has 1 rings (SSSR count). The molecule has 0 fully saturated rings. The molecular weight excluding hydrogens is 194 g/mol. The van der Waals surface area contributed by atoms with Crippen LogP contribution in [0.1, 0.15) is 29.6 Å². The van der Waals surface area contributed by atoms with Crippen LogP contribution in [-0.4, -0.2) is 19.8 Å². The van der Waals surface area contributed by atoms with Gasteiger partial charge in [-0.1, -0.05) is 0 Å². The molecule has 0 radical (unpaired) electrons. The Kier molecular flexibility index (Phi) is 5.15. The van der Waals surface area contributed by atoms with Crippen LogP contribution in [0.15, 0.2) is 12.1 Å². The van der Waals surface area contributed by atoms with E-state index in [0.29, 0.717) is 6.04 Å². The van der Waals surface area contributed by atoms with E-state index >= 15 is 0 Å². The van der Waals surface area contributed by atoms with Crippen LogP contribution < -0.4 is 5.32 Å². The largest absolute Gasteiger partial charge is 0.380 e. The maximum atomic E-state index is 5.27. The van der Waals surface area contributed by atoms with E-state index in [-0.39, 0.29) is 0 Å². The van der Waals surface area contributed by atoms with Crippen LogP contribution in [0.5, 0.6) is 0 Å². The first-order chi connectivity index (χ1) is 6.74. The first-order valence-corrected chi connectivity index (χ1v) is 5.93. The van der Waals surface area contributed by atoms with Gasteiger partial charge in [-0.05, 0) is 32.9 Å². The lowest BCUT2D eigenvalue weighted by Crippen LogP contribution is -2.22. The third kappa shape index (κ3) is 3.78. The molecule has 2 nitrogen and oxygen atoms in total. The summed E-state index contributed by atoms with van der Waals surface area (Å²) in [5.74, 6) is 0. The minimum atomic E-state index is 0.439. The minimum absolute atomic E-state index is 0.439. The molecule has 0 aliphatic rings. The highest BCUT2D eigenvalue weighted by molar-refractivity contribution is 7.12. The molecule has 3 heteroatoms. The number of rotatable bonds is 6. The van der Waals surface area contributed by atoms with Gasteiger partial charge in [-0.25, -0.2) is 0 Å². The van der Waals surface area contributed by atoms with Gasteiger partial charge >= 0.3 is 0 Å². The Morgan fingerprint density at radius 2 is 2.29 bits per heavy atom. The Morgan fingerprint density at radius 1 is 1.50 bits per heavy atom. The van der Waals surface area contributed by atoms with Crippen LogP contribution >= 0.6 is 11.3 Å². The monoisotopic (exact) mass is 213 g/mol. The molecule has 0 spiro atoms. The van der Waals surface area contributed by atoms with Crippen LogP contribution in [0, 0.1) is 6.92 Å². The van der Waals surface area contributed by atoms with Gasteiger partial charge in [-0.15, -0.1) is 11.3 Å². The molecule has 0 aliphatic heterocycles. The van der Waals surface area contributed by atoms with Crippen molar-refractivity contribution in [3.8, 4) is 0 Å². The van der Waals surface area contributed by atoms with Crippen molar-refractivity contribution in [2.75, 3.05) is 19.8 Å². The zero-order valence-corrected chi connectivity index (χ0v) is 9.99. The number of nitrogens with one attached hydrogen (secondary N) is 1. The molecule has 80 valence electrons. The van der Waals surface area contributed by atoms with Gasteiger partial charge in [0.15, 0.2) is 0 Å². The van der Waals surface area contributed by atoms with Gasteiger partial charge in [-0.2, -0.15) is 0 Å². The van der Waals surface area contributed by atoms with Crippen LogP contribution in [0.2, 0.25) is 0 Å². The van der Waals surface area contributed by atoms with E-state index in [1.165, 1.54) is 9.75 Å². The second kappa shape index (κ2) is 6.17. The van der Waals surface area contributed by atoms with Gasteiger partial charge in [0, 0.05) is 28.9 Å². The Balaban J connectivity index is 2.25. The van der Waals surface area contributed by atoms with E-state index in [4.69, 9.17) is 4.74 Å². The third-order valence-electron chi connectivity index (χ3n) is 2.09. The molecule has 1 aromatic heterocycles. The number of ether oxygens (including phenoxy) is 1. The number of hydrogen-bond acceptors (Lipinski definition) is 3. The second-order valence-electron chi connectivity index (χ2n) is 3.32. The van der Waals surface area contributed by atoms with Gasteiger partial charge in [0.05, 0.1) is 6.61 Å². The van der Waals surface area contributed by atoms with Crippen molar-refractivity contribution in [2.24, 2.45) is 0 Å². The zero-order valence-electron chi connectivity index (χ0n) is 9.17. The molecule has 0 saturated heterocycles. The van der Waals surface area contributed by atoms with Crippen molar-refractivity contribution in [1.29, 1.82) is 0 Å². The topological polar surface area (TPSA) is 21.3 Å². The quantitative estimate of drug-likeness (QED) is 0.734. The van der Waals surface area contributed by atoms with E-state index in [9.17, 15) is 0 Å². The van der Waals surface area contributed by atoms with Gasteiger partial charge in [0.25, 0.3) is 0 Å². The molecule has 0 saturated carbocycles. The fourth-order valence-electron chi connectivity index (χ4n) is 1.28. The summed E-state index contributed by atoms with van der Waals surface area (Å²) in [5, 5.41) is 3.43. The van der Waals surface area contributed by atoms with Gasteiger partial charge in [-0.3, -0.25) is 0 Å². The van der Waals surface area contributed by atoms with Crippen LogP contribution in [0.25, 0.3) is 0 Å². The highest BCUT2D eigenvalue weighted by Gasteiger charge is 2.05. The standard InChI is InChI=1S/C11H19NOS/c1-4-13-8-7-12-10(3)11-6-5-9(2)14-11/h5-6,10,12H,4,7-8H2,1-3H3/t10-/m1/s1. The predicted molar refractivity (Wildman–Crippen MR) is 62.0 cm³/mol. The average molecular weight is 213 g/mol. The lowest BCUT2D eigenvalue weighted by Gasteiger charge is -2.11. The van der Waals surface area contributed by atoms with Crippen molar-refractivity contribution >= 4 is 11.3 Å². The molecule has 14 heavy (non-hydrogen) atoms. The molecule has 0 aliphatic carbocycles. The number of hydrogen-bond donors (Lipinski definition) is 1. The molecular formula is C11H19NOS. The molecule has 0 bridgehead atoms. The Bertz CT molecular complexity index is 260. The van der Waals surface area contributed by atoms with Gasteiger partial charge < -0.3 is 10.1 Å². The highest BCUT2D eigenvalue weighted by atomic mass is 32.1. The maximum absolute atomic E-state index is 5.27. The summed E-state index contributed by atoms with van der Waals surface area (Å²) in [6, 6.07) is 4.80. The normalized spacial score (nSPS) is 13.1. The number of aryl methyl sites for hydroxylation is 1. The van der Waals surface area contributed by atoms with Crippen LogP contribution in [0.4, 0.5) is 0 Å². The van der Waals surface area contributed by atoms with E-state index in [0.717, 1.165) is 19.8 Å². The molecule has 1 N–H and O–H groups in total. The molecule has 0 unspecified atom stereocenters. The summed E-state index contributed by atoms with van der Waals surface area (Å²) < 4.78 is 5.27. The molecule has 1 heterocycles. The Morgan fingerprint density at radius 3 is 2.86 bits per heavy atom. The van der Waals surface area contributed by atoms with Crippen LogP contribution in [0.3, 0.4) is 0 Å². The van der Waals surface area contributed by atoms with Crippen molar-refractivity contribution in [2.45, 2.75) is 26.8 Å². The molecule has 0 amide bonds. The van der Waals surface area contributed by atoms with Gasteiger partial charge in [0.1, 0.15) is 0 Å².